The molecule has 4 nitrogen and oxygen atoms in total. The summed E-state index contributed by atoms with van der Waals surface area (Å²) in [5.41, 5.74) is 0.850. The topological polar surface area (TPSA) is 47.3 Å². The molecule has 19 heavy (non-hydrogen) atoms. The fourth-order valence-electron chi connectivity index (χ4n) is 2.12. The van der Waals surface area contributed by atoms with Gasteiger partial charge in [0.2, 0.25) is 0 Å². The van der Waals surface area contributed by atoms with Gasteiger partial charge in [-0.05, 0) is 17.7 Å². The molecule has 1 heterocycles. The summed E-state index contributed by atoms with van der Waals surface area (Å²) in [5.74, 6) is 2.08. The van der Waals surface area contributed by atoms with Gasteiger partial charge in [-0.2, -0.15) is 0 Å². The molecule has 0 aliphatic carbocycles. The quantitative estimate of drug-likeness (QED) is 0.899. The van der Waals surface area contributed by atoms with Crippen molar-refractivity contribution in [1.82, 2.24) is 9.55 Å². The van der Waals surface area contributed by atoms with Crippen LogP contribution in [0.4, 0.5) is 0 Å². The van der Waals surface area contributed by atoms with Gasteiger partial charge in [0, 0.05) is 18.3 Å². The van der Waals surface area contributed by atoms with E-state index in [1.165, 1.54) is 0 Å². The fraction of sp³-hybridized carbons (Fsp3) is 0.400. The minimum Gasteiger partial charge on any atom is -0.497 e. The average molecular weight is 260 g/mol. The Balaban J connectivity index is 2.16. The van der Waals surface area contributed by atoms with Crippen molar-refractivity contribution in [3.63, 3.8) is 0 Å². The minimum absolute atomic E-state index is 0.340. The molecule has 1 aromatic carbocycles. The van der Waals surface area contributed by atoms with E-state index in [1.54, 1.807) is 13.3 Å². The maximum Gasteiger partial charge on any atom is 0.119 e. The first kappa shape index (κ1) is 13.6. The number of hydrogen-bond donors (Lipinski definition) is 1. The van der Waals surface area contributed by atoms with E-state index in [-0.39, 0.29) is 0 Å². The molecule has 0 fully saturated rings. The van der Waals surface area contributed by atoms with E-state index in [9.17, 15) is 5.11 Å². The van der Waals surface area contributed by atoms with Crippen molar-refractivity contribution in [2.24, 2.45) is 0 Å². The standard InChI is InChI=1S/C15H20N2O2/c1-11(2)15-16-7-8-17(15)10-14(18)12-5-4-6-13(9-12)19-3/h4-9,11,14,18H,10H2,1-3H3. The second-order valence-electron chi connectivity index (χ2n) is 4.88. The van der Waals surface area contributed by atoms with E-state index in [4.69, 9.17) is 4.74 Å². The molecule has 4 heteroatoms. The van der Waals surface area contributed by atoms with Crippen LogP contribution in [0.1, 0.15) is 37.3 Å². The van der Waals surface area contributed by atoms with E-state index in [1.807, 2.05) is 35.0 Å². The van der Waals surface area contributed by atoms with Crippen molar-refractivity contribution in [2.75, 3.05) is 7.11 Å². The van der Waals surface area contributed by atoms with Gasteiger partial charge in [0.1, 0.15) is 11.6 Å². The lowest BCUT2D eigenvalue weighted by Crippen LogP contribution is -2.12. The van der Waals surface area contributed by atoms with Gasteiger partial charge in [0.15, 0.2) is 0 Å². The third-order valence-corrected chi connectivity index (χ3v) is 3.11. The van der Waals surface area contributed by atoms with Crippen LogP contribution in [0.15, 0.2) is 36.7 Å². The molecular formula is C15H20N2O2. The Morgan fingerprint density at radius 3 is 2.84 bits per heavy atom. The summed E-state index contributed by atoms with van der Waals surface area (Å²) in [6.45, 7) is 4.69. The first-order chi connectivity index (χ1) is 9.11. The van der Waals surface area contributed by atoms with Crippen molar-refractivity contribution in [3.8, 4) is 5.75 Å². The lowest BCUT2D eigenvalue weighted by molar-refractivity contribution is 0.154. The molecule has 1 aromatic heterocycles. The van der Waals surface area contributed by atoms with Gasteiger partial charge >= 0.3 is 0 Å². The number of nitrogens with zero attached hydrogens (tertiary/aromatic N) is 2. The lowest BCUT2D eigenvalue weighted by atomic mass is 10.1. The molecule has 0 saturated carbocycles. The van der Waals surface area contributed by atoms with Gasteiger partial charge in [0.25, 0.3) is 0 Å². The zero-order valence-corrected chi connectivity index (χ0v) is 11.6. The molecule has 0 saturated heterocycles. The highest BCUT2D eigenvalue weighted by molar-refractivity contribution is 5.29. The SMILES string of the molecule is COc1cccc(C(O)Cn2ccnc2C(C)C)c1. The van der Waals surface area contributed by atoms with E-state index in [0.717, 1.165) is 17.1 Å². The van der Waals surface area contributed by atoms with Gasteiger partial charge in [-0.25, -0.2) is 4.98 Å². The number of hydrogen-bond acceptors (Lipinski definition) is 3. The summed E-state index contributed by atoms with van der Waals surface area (Å²) in [5, 5.41) is 10.3. The van der Waals surface area contributed by atoms with Gasteiger partial charge in [0.05, 0.1) is 19.8 Å². The van der Waals surface area contributed by atoms with E-state index in [2.05, 4.69) is 18.8 Å². The van der Waals surface area contributed by atoms with Crippen molar-refractivity contribution in [3.05, 3.63) is 48.0 Å². The normalized spacial score (nSPS) is 12.7. The van der Waals surface area contributed by atoms with Crippen LogP contribution in [0.2, 0.25) is 0 Å². The van der Waals surface area contributed by atoms with Crippen LogP contribution in [0.25, 0.3) is 0 Å². The molecule has 0 aliphatic heterocycles. The summed E-state index contributed by atoms with van der Waals surface area (Å²) < 4.78 is 7.17. The van der Waals surface area contributed by atoms with Gasteiger partial charge < -0.3 is 14.4 Å². The zero-order chi connectivity index (χ0) is 13.8. The number of rotatable bonds is 5. The third kappa shape index (κ3) is 3.15. The van der Waals surface area contributed by atoms with Crippen LogP contribution >= 0.6 is 0 Å². The monoisotopic (exact) mass is 260 g/mol. The van der Waals surface area contributed by atoms with Gasteiger partial charge in [-0.15, -0.1) is 0 Å². The predicted molar refractivity (Wildman–Crippen MR) is 74.3 cm³/mol. The maximum absolute atomic E-state index is 10.3. The fourth-order valence-corrected chi connectivity index (χ4v) is 2.12. The Morgan fingerprint density at radius 2 is 2.16 bits per heavy atom. The smallest absolute Gasteiger partial charge is 0.119 e. The van der Waals surface area contributed by atoms with Crippen LogP contribution in [0.3, 0.4) is 0 Å². The van der Waals surface area contributed by atoms with E-state index in [0.29, 0.717) is 12.5 Å². The third-order valence-electron chi connectivity index (χ3n) is 3.11. The Kier molecular flexibility index (Phi) is 4.22. The van der Waals surface area contributed by atoms with Crippen molar-refractivity contribution < 1.29 is 9.84 Å². The van der Waals surface area contributed by atoms with Crippen LogP contribution in [-0.4, -0.2) is 21.8 Å². The van der Waals surface area contributed by atoms with Gasteiger partial charge in [-0.3, -0.25) is 0 Å². The Bertz CT molecular complexity index is 534. The first-order valence-corrected chi connectivity index (χ1v) is 6.45. The molecule has 0 amide bonds. The Morgan fingerprint density at radius 1 is 1.37 bits per heavy atom. The molecule has 2 rings (SSSR count). The molecule has 0 aliphatic rings. The minimum atomic E-state index is -0.568. The molecule has 102 valence electrons. The number of aliphatic hydroxyl groups excluding tert-OH is 1. The molecule has 0 spiro atoms. The van der Waals surface area contributed by atoms with Crippen LogP contribution in [0, 0.1) is 0 Å². The summed E-state index contributed by atoms with van der Waals surface area (Å²) >= 11 is 0. The highest BCUT2D eigenvalue weighted by Gasteiger charge is 2.13. The number of benzene rings is 1. The van der Waals surface area contributed by atoms with E-state index >= 15 is 0 Å². The van der Waals surface area contributed by atoms with Crippen LogP contribution in [0.5, 0.6) is 5.75 Å². The highest BCUT2D eigenvalue weighted by atomic mass is 16.5. The van der Waals surface area contributed by atoms with E-state index < -0.39 is 6.10 Å². The Hall–Kier alpha value is -1.81. The summed E-state index contributed by atoms with van der Waals surface area (Å²) in [4.78, 5) is 4.32. The number of aliphatic hydroxyl groups is 1. The predicted octanol–water partition coefficient (Wildman–Crippen LogP) is 2.75. The summed E-state index contributed by atoms with van der Waals surface area (Å²) in [6, 6.07) is 7.51. The highest BCUT2D eigenvalue weighted by Crippen LogP contribution is 2.22. The molecule has 0 radical (unpaired) electrons. The number of methoxy groups -OCH3 is 1. The summed E-state index contributed by atoms with van der Waals surface area (Å²) in [6.07, 6.45) is 3.11. The number of aromatic nitrogens is 2. The molecule has 1 unspecified atom stereocenters. The van der Waals surface area contributed by atoms with Crippen LogP contribution < -0.4 is 4.74 Å². The van der Waals surface area contributed by atoms with Crippen LogP contribution in [-0.2, 0) is 6.54 Å². The number of ether oxygens (including phenoxy) is 1. The first-order valence-electron chi connectivity index (χ1n) is 6.45. The van der Waals surface area contributed by atoms with Gasteiger partial charge in [-0.1, -0.05) is 26.0 Å². The number of imidazole rings is 1. The molecular weight excluding hydrogens is 240 g/mol. The lowest BCUT2D eigenvalue weighted by Gasteiger charge is -2.16. The van der Waals surface area contributed by atoms with Crippen molar-refractivity contribution >= 4 is 0 Å². The maximum atomic E-state index is 10.3. The molecule has 1 N–H and O–H groups in total. The molecule has 2 aromatic rings. The van der Waals surface area contributed by atoms with Crippen molar-refractivity contribution in [2.45, 2.75) is 32.4 Å². The summed E-state index contributed by atoms with van der Waals surface area (Å²) in [7, 11) is 1.62. The molecule has 1 atom stereocenters. The second-order valence-corrected chi connectivity index (χ2v) is 4.88. The average Bonchev–Trinajstić information content (AvgIpc) is 2.87. The second kappa shape index (κ2) is 5.89. The largest absolute Gasteiger partial charge is 0.497 e. The van der Waals surface area contributed by atoms with Crippen molar-refractivity contribution in [1.29, 1.82) is 0 Å². The zero-order valence-electron chi connectivity index (χ0n) is 11.6. The Labute approximate surface area is 113 Å². The molecule has 0 bridgehead atoms.